The lowest BCUT2D eigenvalue weighted by atomic mass is 9.87. The maximum Gasteiger partial charge on any atom is 0.119 e. The van der Waals surface area contributed by atoms with Gasteiger partial charge in [-0.3, -0.25) is 0 Å². The van der Waals surface area contributed by atoms with Crippen molar-refractivity contribution in [2.24, 2.45) is 0 Å². The SMILES string of the molecule is CCC1OC(CO)C(O)C1(O)CC. The molecule has 4 atom stereocenters. The molecule has 1 heterocycles. The zero-order valence-corrected chi connectivity index (χ0v) is 8.10. The summed E-state index contributed by atoms with van der Waals surface area (Å²) in [5.74, 6) is 0. The van der Waals surface area contributed by atoms with Crippen LogP contribution in [-0.2, 0) is 4.74 Å². The zero-order valence-electron chi connectivity index (χ0n) is 8.10. The van der Waals surface area contributed by atoms with Crippen molar-refractivity contribution in [3.05, 3.63) is 0 Å². The number of hydrogen-bond donors (Lipinski definition) is 3. The average Bonchev–Trinajstić information content (AvgIpc) is 2.41. The smallest absolute Gasteiger partial charge is 0.119 e. The van der Waals surface area contributed by atoms with Crippen LogP contribution in [0.5, 0.6) is 0 Å². The fraction of sp³-hybridized carbons (Fsp3) is 1.00. The maximum absolute atomic E-state index is 10.0. The highest BCUT2D eigenvalue weighted by Gasteiger charge is 2.52. The molecule has 0 spiro atoms. The minimum Gasteiger partial charge on any atom is -0.394 e. The fourth-order valence-corrected chi connectivity index (χ4v) is 1.94. The first-order valence-corrected chi connectivity index (χ1v) is 4.76. The average molecular weight is 190 g/mol. The Hall–Kier alpha value is -0.160. The molecule has 0 aromatic rings. The Morgan fingerprint density at radius 3 is 2.31 bits per heavy atom. The first-order chi connectivity index (χ1) is 6.10. The quantitative estimate of drug-likeness (QED) is 0.569. The number of rotatable bonds is 3. The molecule has 4 nitrogen and oxygen atoms in total. The molecular weight excluding hydrogens is 172 g/mol. The highest BCUT2D eigenvalue weighted by molar-refractivity contribution is 5.02. The molecule has 0 aliphatic carbocycles. The van der Waals surface area contributed by atoms with Gasteiger partial charge in [0.2, 0.25) is 0 Å². The van der Waals surface area contributed by atoms with Crippen LogP contribution in [0, 0.1) is 0 Å². The highest BCUT2D eigenvalue weighted by atomic mass is 16.6. The summed E-state index contributed by atoms with van der Waals surface area (Å²) in [7, 11) is 0. The van der Waals surface area contributed by atoms with Crippen molar-refractivity contribution < 1.29 is 20.1 Å². The zero-order chi connectivity index (χ0) is 10.1. The second-order valence-corrected chi connectivity index (χ2v) is 3.54. The normalized spacial score (nSPS) is 45.5. The van der Waals surface area contributed by atoms with Crippen molar-refractivity contribution in [3.63, 3.8) is 0 Å². The van der Waals surface area contributed by atoms with E-state index in [9.17, 15) is 10.2 Å². The molecule has 1 fully saturated rings. The summed E-state index contributed by atoms with van der Waals surface area (Å²) in [6, 6.07) is 0. The van der Waals surface area contributed by atoms with E-state index in [-0.39, 0.29) is 12.7 Å². The van der Waals surface area contributed by atoms with Crippen LogP contribution in [0.15, 0.2) is 0 Å². The first kappa shape index (κ1) is 10.9. The third kappa shape index (κ3) is 1.59. The molecule has 4 heteroatoms. The fourth-order valence-electron chi connectivity index (χ4n) is 1.94. The Kier molecular flexibility index (Phi) is 3.29. The number of hydrogen-bond acceptors (Lipinski definition) is 4. The largest absolute Gasteiger partial charge is 0.394 e. The molecule has 1 rings (SSSR count). The summed E-state index contributed by atoms with van der Waals surface area (Å²) >= 11 is 0. The van der Waals surface area contributed by atoms with Gasteiger partial charge in [0, 0.05) is 0 Å². The molecule has 0 bridgehead atoms. The summed E-state index contributed by atoms with van der Waals surface area (Å²) in [6.45, 7) is 3.44. The van der Waals surface area contributed by atoms with E-state index in [4.69, 9.17) is 9.84 Å². The van der Waals surface area contributed by atoms with Gasteiger partial charge in [-0.1, -0.05) is 13.8 Å². The molecule has 1 aliphatic rings. The Morgan fingerprint density at radius 2 is 2.00 bits per heavy atom. The molecule has 78 valence electrons. The van der Waals surface area contributed by atoms with E-state index >= 15 is 0 Å². The second kappa shape index (κ2) is 3.92. The Morgan fingerprint density at radius 1 is 1.38 bits per heavy atom. The lowest BCUT2D eigenvalue weighted by Gasteiger charge is -2.29. The van der Waals surface area contributed by atoms with E-state index in [0.717, 1.165) is 0 Å². The Bertz CT molecular complexity index is 169. The molecule has 0 aromatic carbocycles. The molecule has 1 aliphatic heterocycles. The van der Waals surface area contributed by atoms with Crippen molar-refractivity contribution in [1.82, 2.24) is 0 Å². The van der Waals surface area contributed by atoms with E-state index < -0.39 is 17.8 Å². The third-order valence-corrected chi connectivity index (χ3v) is 2.88. The molecule has 0 aromatic heterocycles. The van der Waals surface area contributed by atoms with Crippen LogP contribution in [0.3, 0.4) is 0 Å². The number of aliphatic hydroxyl groups is 3. The molecule has 13 heavy (non-hydrogen) atoms. The van der Waals surface area contributed by atoms with Crippen molar-refractivity contribution in [3.8, 4) is 0 Å². The van der Waals surface area contributed by atoms with Gasteiger partial charge in [0.05, 0.1) is 12.7 Å². The van der Waals surface area contributed by atoms with E-state index in [1.807, 2.05) is 6.92 Å². The van der Waals surface area contributed by atoms with Gasteiger partial charge in [0.15, 0.2) is 0 Å². The monoisotopic (exact) mass is 190 g/mol. The first-order valence-electron chi connectivity index (χ1n) is 4.76. The molecule has 0 amide bonds. The topological polar surface area (TPSA) is 69.9 Å². The van der Waals surface area contributed by atoms with Gasteiger partial charge < -0.3 is 20.1 Å². The molecule has 0 radical (unpaired) electrons. The van der Waals surface area contributed by atoms with Crippen molar-refractivity contribution in [1.29, 1.82) is 0 Å². The van der Waals surface area contributed by atoms with E-state index in [1.165, 1.54) is 0 Å². The standard InChI is InChI=1S/C9H18O4/c1-3-7-9(12,4-2)8(11)6(5-10)13-7/h6-8,10-12H,3-5H2,1-2H3. The molecule has 4 unspecified atom stereocenters. The summed E-state index contributed by atoms with van der Waals surface area (Å²) in [4.78, 5) is 0. The van der Waals surface area contributed by atoms with Gasteiger partial charge in [0.25, 0.3) is 0 Å². The molecule has 0 saturated carbocycles. The van der Waals surface area contributed by atoms with Crippen molar-refractivity contribution in [2.45, 2.75) is 50.6 Å². The van der Waals surface area contributed by atoms with Gasteiger partial charge in [-0.2, -0.15) is 0 Å². The predicted octanol–water partition coefficient (Wildman–Crippen LogP) is -0.342. The lowest BCUT2D eigenvalue weighted by Crippen LogP contribution is -2.47. The van der Waals surface area contributed by atoms with Crippen LogP contribution in [-0.4, -0.2) is 45.8 Å². The van der Waals surface area contributed by atoms with Crippen LogP contribution in [0.1, 0.15) is 26.7 Å². The van der Waals surface area contributed by atoms with Crippen LogP contribution < -0.4 is 0 Å². The van der Waals surface area contributed by atoms with Crippen LogP contribution in [0.25, 0.3) is 0 Å². The van der Waals surface area contributed by atoms with Gasteiger partial charge in [-0.15, -0.1) is 0 Å². The Balaban J connectivity index is 2.80. The van der Waals surface area contributed by atoms with Crippen LogP contribution in [0.2, 0.25) is 0 Å². The molecular formula is C9H18O4. The minimum atomic E-state index is -1.19. The van der Waals surface area contributed by atoms with Crippen molar-refractivity contribution in [2.75, 3.05) is 6.61 Å². The van der Waals surface area contributed by atoms with Gasteiger partial charge in [0.1, 0.15) is 17.8 Å². The van der Waals surface area contributed by atoms with E-state index in [0.29, 0.717) is 12.8 Å². The summed E-state index contributed by atoms with van der Waals surface area (Å²) < 4.78 is 5.33. The Labute approximate surface area is 78.1 Å². The number of aliphatic hydroxyl groups excluding tert-OH is 2. The summed E-state index contributed by atoms with van der Waals surface area (Å²) in [5, 5.41) is 28.6. The summed E-state index contributed by atoms with van der Waals surface area (Å²) in [5.41, 5.74) is -1.19. The van der Waals surface area contributed by atoms with Crippen LogP contribution >= 0.6 is 0 Å². The highest BCUT2D eigenvalue weighted by Crippen LogP contribution is 2.35. The third-order valence-electron chi connectivity index (χ3n) is 2.88. The van der Waals surface area contributed by atoms with Gasteiger partial charge in [-0.05, 0) is 12.8 Å². The number of ether oxygens (including phenoxy) is 1. The van der Waals surface area contributed by atoms with E-state index in [2.05, 4.69) is 0 Å². The lowest BCUT2D eigenvalue weighted by molar-refractivity contribution is -0.0806. The summed E-state index contributed by atoms with van der Waals surface area (Å²) in [6.07, 6.45) is -0.923. The van der Waals surface area contributed by atoms with E-state index in [1.54, 1.807) is 6.92 Å². The van der Waals surface area contributed by atoms with Crippen LogP contribution in [0.4, 0.5) is 0 Å². The van der Waals surface area contributed by atoms with Crippen molar-refractivity contribution >= 4 is 0 Å². The predicted molar refractivity (Wildman–Crippen MR) is 47.3 cm³/mol. The molecule has 1 saturated heterocycles. The second-order valence-electron chi connectivity index (χ2n) is 3.54. The minimum absolute atomic E-state index is 0.250. The van der Waals surface area contributed by atoms with Gasteiger partial charge >= 0.3 is 0 Å². The molecule has 3 N–H and O–H groups in total. The van der Waals surface area contributed by atoms with Gasteiger partial charge in [-0.25, -0.2) is 0 Å². The maximum atomic E-state index is 10.0.